The van der Waals surface area contributed by atoms with Gasteiger partial charge >= 0.3 is 0 Å². The largest absolute Gasteiger partial charge is 0.507 e. The number of pyridine rings is 2. The third-order valence-electron chi connectivity index (χ3n) is 4.21. The van der Waals surface area contributed by atoms with Gasteiger partial charge in [-0.3, -0.25) is 9.97 Å². The Hall–Kier alpha value is -3.66. The monoisotopic (exact) mass is 340 g/mol. The topological polar surface area (TPSA) is 66.2 Å². The number of benzene rings is 2. The summed E-state index contributed by atoms with van der Waals surface area (Å²) in [4.78, 5) is 8.75. The lowest BCUT2D eigenvalue weighted by atomic mass is 10.0. The van der Waals surface area contributed by atoms with Crippen molar-refractivity contribution in [1.29, 1.82) is 0 Å². The summed E-state index contributed by atoms with van der Waals surface area (Å²) in [6, 6.07) is 21.9. The lowest BCUT2D eigenvalue weighted by Crippen LogP contribution is -1.88. The third-order valence-corrected chi connectivity index (χ3v) is 4.21. The van der Waals surface area contributed by atoms with Crippen molar-refractivity contribution in [2.75, 3.05) is 0 Å². The van der Waals surface area contributed by atoms with E-state index in [1.165, 1.54) is 0 Å². The minimum absolute atomic E-state index is 0.196. The Balaban J connectivity index is 1.78. The third kappa shape index (κ3) is 3.00. The molecule has 126 valence electrons. The summed E-state index contributed by atoms with van der Waals surface area (Å²) in [5, 5.41) is 20.1. The molecule has 0 spiro atoms. The van der Waals surface area contributed by atoms with Crippen LogP contribution in [0.15, 0.2) is 85.2 Å². The highest BCUT2D eigenvalue weighted by Gasteiger charge is 2.09. The molecule has 0 aliphatic carbocycles. The summed E-state index contributed by atoms with van der Waals surface area (Å²) in [6.07, 6.45) is 3.44. The van der Waals surface area contributed by atoms with E-state index in [0.29, 0.717) is 22.5 Å². The van der Waals surface area contributed by atoms with Gasteiger partial charge in [-0.1, -0.05) is 24.3 Å². The number of hydrogen-bond acceptors (Lipinski definition) is 4. The van der Waals surface area contributed by atoms with Crippen molar-refractivity contribution < 1.29 is 10.2 Å². The number of phenolic OH excluding ortho intramolecular Hbond substituents is 2. The van der Waals surface area contributed by atoms with Crippen LogP contribution in [0, 0.1) is 0 Å². The minimum atomic E-state index is 0.196. The van der Waals surface area contributed by atoms with Gasteiger partial charge in [0.2, 0.25) is 0 Å². The Morgan fingerprint density at radius 2 is 0.962 bits per heavy atom. The van der Waals surface area contributed by atoms with Crippen LogP contribution in [0.4, 0.5) is 0 Å². The van der Waals surface area contributed by atoms with Crippen LogP contribution < -0.4 is 0 Å². The van der Waals surface area contributed by atoms with Crippen LogP contribution in [-0.2, 0) is 0 Å². The Bertz CT molecular complexity index is 990. The molecule has 0 bridgehead atoms. The van der Waals surface area contributed by atoms with Gasteiger partial charge in [0.15, 0.2) is 0 Å². The van der Waals surface area contributed by atoms with Gasteiger partial charge in [-0.2, -0.15) is 0 Å². The van der Waals surface area contributed by atoms with Gasteiger partial charge in [-0.25, -0.2) is 0 Å². The van der Waals surface area contributed by atoms with E-state index in [9.17, 15) is 10.2 Å². The molecule has 0 unspecified atom stereocenters. The Morgan fingerprint density at radius 3 is 1.38 bits per heavy atom. The molecule has 2 N–H and O–H groups in total. The van der Waals surface area contributed by atoms with Crippen molar-refractivity contribution in [2.45, 2.75) is 0 Å². The van der Waals surface area contributed by atoms with Crippen molar-refractivity contribution >= 4 is 0 Å². The van der Waals surface area contributed by atoms with E-state index >= 15 is 0 Å². The van der Waals surface area contributed by atoms with E-state index in [0.717, 1.165) is 11.1 Å². The van der Waals surface area contributed by atoms with Crippen molar-refractivity contribution in [3.8, 4) is 45.1 Å². The van der Waals surface area contributed by atoms with Crippen LogP contribution in [-0.4, -0.2) is 20.2 Å². The average molecular weight is 340 g/mol. The fraction of sp³-hybridized carbons (Fsp3) is 0. The Kier molecular flexibility index (Phi) is 4.07. The molecule has 0 atom stereocenters. The molecule has 0 aliphatic heterocycles. The molecule has 4 aromatic rings. The predicted octanol–water partition coefficient (Wildman–Crippen LogP) is 4.89. The highest BCUT2D eigenvalue weighted by Crippen LogP contribution is 2.32. The van der Waals surface area contributed by atoms with Crippen LogP contribution in [0.3, 0.4) is 0 Å². The number of para-hydroxylation sites is 2. The van der Waals surface area contributed by atoms with Gasteiger partial charge in [-0.15, -0.1) is 0 Å². The van der Waals surface area contributed by atoms with E-state index in [1.807, 2.05) is 48.5 Å². The zero-order chi connectivity index (χ0) is 17.9. The zero-order valence-electron chi connectivity index (χ0n) is 13.9. The molecule has 4 nitrogen and oxygen atoms in total. The van der Waals surface area contributed by atoms with E-state index in [2.05, 4.69) is 9.97 Å². The second kappa shape index (κ2) is 6.69. The fourth-order valence-electron chi connectivity index (χ4n) is 2.90. The summed E-state index contributed by atoms with van der Waals surface area (Å²) >= 11 is 0. The van der Waals surface area contributed by atoms with Gasteiger partial charge in [0.25, 0.3) is 0 Å². The van der Waals surface area contributed by atoms with Crippen molar-refractivity contribution in [3.05, 3.63) is 85.2 Å². The van der Waals surface area contributed by atoms with Crippen LogP contribution in [0.2, 0.25) is 0 Å². The first-order valence-electron chi connectivity index (χ1n) is 8.21. The summed E-state index contributed by atoms with van der Waals surface area (Å²) in [6.45, 7) is 0. The molecule has 2 aromatic carbocycles. The predicted molar refractivity (Wildman–Crippen MR) is 102 cm³/mol. The minimum Gasteiger partial charge on any atom is -0.507 e. The SMILES string of the molecule is Oc1ccccc1-c1cc(-c2ccnc(-c3ccccc3O)c2)ccn1. The first-order chi connectivity index (χ1) is 12.7. The molecule has 2 aromatic heterocycles. The van der Waals surface area contributed by atoms with Crippen molar-refractivity contribution in [3.63, 3.8) is 0 Å². The Labute approximate surface area is 151 Å². The number of aromatic nitrogens is 2. The molecule has 4 heteroatoms. The van der Waals surface area contributed by atoms with E-state index in [4.69, 9.17) is 0 Å². The first-order valence-corrected chi connectivity index (χ1v) is 8.21. The standard InChI is InChI=1S/C22H16N2O2/c25-21-7-3-1-5-17(21)19-13-15(9-11-23-19)16-10-12-24-20(14-16)18-6-2-4-8-22(18)26/h1-14,25-26H. The van der Waals surface area contributed by atoms with Crippen LogP contribution >= 0.6 is 0 Å². The van der Waals surface area contributed by atoms with E-state index < -0.39 is 0 Å². The Morgan fingerprint density at radius 1 is 0.538 bits per heavy atom. The van der Waals surface area contributed by atoms with Crippen LogP contribution in [0.25, 0.3) is 33.6 Å². The van der Waals surface area contributed by atoms with E-state index in [1.54, 1.807) is 36.7 Å². The molecule has 4 rings (SSSR count). The van der Waals surface area contributed by atoms with Crippen LogP contribution in [0.5, 0.6) is 11.5 Å². The molecule has 0 aliphatic rings. The fourth-order valence-corrected chi connectivity index (χ4v) is 2.90. The molecule has 0 saturated heterocycles. The molecule has 2 heterocycles. The van der Waals surface area contributed by atoms with Crippen molar-refractivity contribution in [1.82, 2.24) is 9.97 Å². The number of nitrogens with zero attached hydrogens (tertiary/aromatic N) is 2. The van der Waals surface area contributed by atoms with Gasteiger partial charge < -0.3 is 10.2 Å². The number of aromatic hydroxyl groups is 2. The average Bonchev–Trinajstić information content (AvgIpc) is 2.69. The summed E-state index contributed by atoms with van der Waals surface area (Å²) in [7, 11) is 0. The molecule has 0 fully saturated rings. The van der Waals surface area contributed by atoms with Gasteiger partial charge in [0, 0.05) is 23.5 Å². The number of phenols is 2. The maximum absolute atomic E-state index is 10.1. The highest BCUT2D eigenvalue weighted by atomic mass is 16.3. The normalized spacial score (nSPS) is 10.6. The van der Waals surface area contributed by atoms with Crippen molar-refractivity contribution in [2.24, 2.45) is 0 Å². The number of rotatable bonds is 3. The smallest absolute Gasteiger partial charge is 0.124 e. The second-order valence-corrected chi connectivity index (χ2v) is 5.89. The number of hydrogen-bond donors (Lipinski definition) is 2. The summed E-state index contributed by atoms with van der Waals surface area (Å²) in [5.74, 6) is 0.392. The summed E-state index contributed by atoms with van der Waals surface area (Å²) in [5.41, 5.74) is 4.67. The van der Waals surface area contributed by atoms with E-state index in [-0.39, 0.29) is 11.5 Å². The molecule has 0 radical (unpaired) electrons. The summed E-state index contributed by atoms with van der Waals surface area (Å²) < 4.78 is 0. The molecule has 0 amide bonds. The van der Waals surface area contributed by atoms with Gasteiger partial charge in [0.05, 0.1) is 11.4 Å². The van der Waals surface area contributed by atoms with Gasteiger partial charge in [0.1, 0.15) is 11.5 Å². The lowest BCUT2D eigenvalue weighted by Gasteiger charge is -2.09. The maximum atomic E-state index is 10.1. The molecule has 26 heavy (non-hydrogen) atoms. The highest BCUT2D eigenvalue weighted by molar-refractivity contribution is 5.76. The molecular formula is C22H16N2O2. The zero-order valence-corrected chi connectivity index (χ0v) is 13.9. The maximum Gasteiger partial charge on any atom is 0.124 e. The second-order valence-electron chi connectivity index (χ2n) is 5.89. The van der Waals surface area contributed by atoms with Crippen LogP contribution in [0.1, 0.15) is 0 Å². The van der Waals surface area contributed by atoms with Gasteiger partial charge in [-0.05, 0) is 59.7 Å². The molecular weight excluding hydrogens is 324 g/mol. The lowest BCUT2D eigenvalue weighted by molar-refractivity contribution is 0.476. The first kappa shape index (κ1) is 15.8. The molecule has 0 saturated carbocycles. The quantitative estimate of drug-likeness (QED) is 0.557.